The number of aryl methyl sites for hydroxylation is 1. The molecule has 2 fully saturated rings. The van der Waals surface area contributed by atoms with E-state index in [1.165, 1.54) is 10.4 Å². The molecule has 2 saturated heterocycles. The number of benzene rings is 1. The van der Waals surface area contributed by atoms with Crippen molar-refractivity contribution in [3.63, 3.8) is 0 Å². The summed E-state index contributed by atoms with van der Waals surface area (Å²) in [6.45, 7) is 7.65. The zero-order valence-corrected chi connectivity index (χ0v) is 16.3. The summed E-state index contributed by atoms with van der Waals surface area (Å²) in [5, 5.41) is 1.12. The number of carbonyl (C=O) groups excluding carboxylic acids is 1. The van der Waals surface area contributed by atoms with Gasteiger partial charge in [-0.15, -0.1) is 11.3 Å². The first-order valence-electron chi connectivity index (χ1n) is 9.10. The summed E-state index contributed by atoms with van der Waals surface area (Å²) in [6, 6.07) is 8.37. The van der Waals surface area contributed by atoms with E-state index < -0.39 is 0 Å². The van der Waals surface area contributed by atoms with E-state index >= 15 is 0 Å². The van der Waals surface area contributed by atoms with Crippen molar-refractivity contribution in [3.05, 3.63) is 45.9 Å². The van der Waals surface area contributed by atoms with E-state index in [-0.39, 0.29) is 11.9 Å². The highest BCUT2D eigenvalue weighted by Crippen LogP contribution is 2.45. The molecule has 6 heteroatoms. The van der Waals surface area contributed by atoms with Crippen LogP contribution in [0.25, 0.3) is 0 Å². The van der Waals surface area contributed by atoms with Crippen molar-refractivity contribution in [3.8, 4) is 5.75 Å². The van der Waals surface area contributed by atoms with Gasteiger partial charge in [-0.2, -0.15) is 0 Å². The normalized spacial score (nSPS) is 25.5. The van der Waals surface area contributed by atoms with Crippen molar-refractivity contribution in [1.29, 1.82) is 0 Å². The summed E-state index contributed by atoms with van der Waals surface area (Å²) >= 11 is 1.78. The number of methoxy groups -OCH3 is 1. The molecule has 0 N–H and O–H groups in total. The Morgan fingerprint density at radius 3 is 2.65 bits per heavy atom. The van der Waals surface area contributed by atoms with Crippen LogP contribution >= 0.6 is 11.3 Å². The Labute approximate surface area is 158 Å². The molecule has 0 saturated carbocycles. The van der Waals surface area contributed by atoms with Gasteiger partial charge in [-0.3, -0.25) is 9.69 Å². The quantitative estimate of drug-likeness (QED) is 0.828. The Hall–Kier alpha value is -1.92. The van der Waals surface area contributed by atoms with Crippen LogP contribution < -0.4 is 4.74 Å². The molecule has 3 atom stereocenters. The van der Waals surface area contributed by atoms with Crippen LogP contribution in [0, 0.1) is 18.8 Å². The predicted molar refractivity (Wildman–Crippen MR) is 102 cm³/mol. The van der Waals surface area contributed by atoms with E-state index in [1.807, 2.05) is 18.3 Å². The summed E-state index contributed by atoms with van der Waals surface area (Å²) in [6.07, 6.45) is 2.00. The fourth-order valence-electron chi connectivity index (χ4n) is 4.52. The fourth-order valence-corrected chi connectivity index (χ4v) is 5.35. The number of thiazole rings is 1. The molecule has 0 spiro atoms. The van der Waals surface area contributed by atoms with E-state index in [4.69, 9.17) is 4.74 Å². The molecule has 2 aromatic rings. The molecule has 3 heterocycles. The summed E-state index contributed by atoms with van der Waals surface area (Å²) < 4.78 is 5.28. The van der Waals surface area contributed by atoms with E-state index in [0.29, 0.717) is 11.8 Å². The van der Waals surface area contributed by atoms with Crippen molar-refractivity contribution >= 4 is 17.2 Å². The molecule has 1 aromatic carbocycles. The van der Waals surface area contributed by atoms with E-state index in [0.717, 1.165) is 36.9 Å². The highest BCUT2D eigenvalue weighted by atomic mass is 32.1. The van der Waals surface area contributed by atoms with Crippen LogP contribution in [0.2, 0.25) is 0 Å². The lowest BCUT2D eigenvalue weighted by Gasteiger charge is -2.29. The molecule has 1 amide bonds. The molecule has 0 bridgehead atoms. The number of fused-ring (bicyclic) bond motifs is 1. The Morgan fingerprint density at radius 1 is 1.27 bits per heavy atom. The van der Waals surface area contributed by atoms with Gasteiger partial charge in [0, 0.05) is 50.1 Å². The second kappa shape index (κ2) is 7.00. The van der Waals surface area contributed by atoms with Gasteiger partial charge in [-0.05, 0) is 30.5 Å². The lowest BCUT2D eigenvalue weighted by atomic mass is 9.89. The Kier molecular flexibility index (Phi) is 4.71. The summed E-state index contributed by atoms with van der Waals surface area (Å²) in [5.41, 5.74) is 1.21. The van der Waals surface area contributed by atoms with Gasteiger partial charge >= 0.3 is 0 Å². The maximum Gasteiger partial charge on any atom is 0.219 e. The molecule has 0 aliphatic carbocycles. The summed E-state index contributed by atoms with van der Waals surface area (Å²) in [5.74, 6) is 2.05. The second-order valence-electron chi connectivity index (χ2n) is 7.35. The molecule has 0 radical (unpaired) electrons. The van der Waals surface area contributed by atoms with Crippen LogP contribution in [0.15, 0.2) is 30.5 Å². The van der Waals surface area contributed by atoms with Gasteiger partial charge in [0.05, 0.1) is 18.2 Å². The number of likely N-dealkylation sites (tertiary alicyclic amines) is 2. The number of hydrogen-bond donors (Lipinski definition) is 0. The molecule has 26 heavy (non-hydrogen) atoms. The minimum absolute atomic E-state index is 0.164. The van der Waals surface area contributed by atoms with Crippen molar-refractivity contribution in [2.75, 3.05) is 26.7 Å². The summed E-state index contributed by atoms with van der Waals surface area (Å²) in [4.78, 5) is 22.5. The molecule has 0 unspecified atom stereocenters. The molecule has 2 aliphatic heterocycles. The van der Waals surface area contributed by atoms with Crippen molar-refractivity contribution in [2.45, 2.75) is 26.4 Å². The topological polar surface area (TPSA) is 45.7 Å². The Bertz CT molecular complexity index is 789. The van der Waals surface area contributed by atoms with Crippen molar-refractivity contribution in [2.24, 2.45) is 11.8 Å². The molecule has 1 aromatic heterocycles. The number of carbonyl (C=O) groups is 1. The number of aromatic nitrogens is 1. The van der Waals surface area contributed by atoms with Gasteiger partial charge in [0.1, 0.15) is 5.75 Å². The Balaban J connectivity index is 1.54. The molecule has 2 aliphatic rings. The summed E-state index contributed by atoms with van der Waals surface area (Å²) in [7, 11) is 1.68. The third-order valence-corrected chi connectivity index (χ3v) is 6.55. The molecule has 5 nitrogen and oxygen atoms in total. The van der Waals surface area contributed by atoms with Gasteiger partial charge in [-0.25, -0.2) is 4.98 Å². The number of rotatable bonds is 4. The first kappa shape index (κ1) is 17.5. The number of amides is 1. The molecule has 138 valence electrons. The van der Waals surface area contributed by atoms with Crippen molar-refractivity contribution < 1.29 is 9.53 Å². The van der Waals surface area contributed by atoms with E-state index in [1.54, 1.807) is 25.4 Å². The van der Waals surface area contributed by atoms with Crippen LogP contribution in [0.4, 0.5) is 0 Å². The van der Waals surface area contributed by atoms with Gasteiger partial charge < -0.3 is 9.64 Å². The third-order valence-electron chi connectivity index (χ3n) is 5.65. The molecular weight excluding hydrogens is 346 g/mol. The lowest BCUT2D eigenvalue weighted by molar-refractivity contribution is -0.130. The van der Waals surface area contributed by atoms with Crippen molar-refractivity contribution in [1.82, 2.24) is 14.8 Å². The second-order valence-corrected chi connectivity index (χ2v) is 8.67. The standard InChI is InChI=1S/C20H25N3O2S/c1-13-21-8-18(26-13)11-22-9-16-10-23(14(2)24)20(19(16)12-22)15-4-6-17(25-3)7-5-15/h4-8,16,19-20H,9-12H2,1-3H3/t16-,19-,20+/m1/s1. The first-order chi connectivity index (χ1) is 12.5. The monoisotopic (exact) mass is 371 g/mol. The predicted octanol–water partition coefficient (Wildman–Crippen LogP) is 3.11. The van der Waals surface area contributed by atoms with Crippen LogP contribution in [0.1, 0.15) is 28.4 Å². The average Bonchev–Trinajstić information content (AvgIpc) is 3.29. The van der Waals surface area contributed by atoms with Gasteiger partial charge in [0.15, 0.2) is 0 Å². The zero-order chi connectivity index (χ0) is 18.3. The van der Waals surface area contributed by atoms with Gasteiger partial charge in [-0.1, -0.05) is 12.1 Å². The Morgan fingerprint density at radius 2 is 2.04 bits per heavy atom. The molecular formula is C20H25N3O2S. The van der Waals surface area contributed by atoms with E-state index in [9.17, 15) is 4.79 Å². The highest BCUT2D eigenvalue weighted by Gasteiger charge is 2.48. The maximum atomic E-state index is 12.2. The highest BCUT2D eigenvalue weighted by molar-refractivity contribution is 7.11. The molecule has 4 rings (SSSR count). The smallest absolute Gasteiger partial charge is 0.219 e. The third kappa shape index (κ3) is 3.23. The minimum atomic E-state index is 0.164. The van der Waals surface area contributed by atoms with Gasteiger partial charge in [0.25, 0.3) is 0 Å². The number of nitrogens with zero attached hydrogens (tertiary/aromatic N) is 3. The van der Waals surface area contributed by atoms with Crippen LogP contribution in [-0.2, 0) is 11.3 Å². The number of ether oxygens (including phenoxy) is 1. The van der Waals surface area contributed by atoms with Crippen LogP contribution in [0.5, 0.6) is 5.75 Å². The number of hydrogen-bond acceptors (Lipinski definition) is 5. The fraction of sp³-hybridized carbons (Fsp3) is 0.500. The lowest BCUT2D eigenvalue weighted by Crippen LogP contribution is -2.34. The largest absolute Gasteiger partial charge is 0.497 e. The van der Waals surface area contributed by atoms with Gasteiger partial charge in [0.2, 0.25) is 5.91 Å². The SMILES string of the molecule is COc1ccc([C@H]2[C@@H]3CN(Cc4cnc(C)s4)C[C@@H]3CN2C(C)=O)cc1. The average molecular weight is 372 g/mol. The first-order valence-corrected chi connectivity index (χ1v) is 9.91. The van der Waals surface area contributed by atoms with Crippen LogP contribution in [0.3, 0.4) is 0 Å². The minimum Gasteiger partial charge on any atom is -0.497 e. The van der Waals surface area contributed by atoms with E-state index in [2.05, 4.69) is 33.8 Å². The maximum absolute atomic E-state index is 12.2. The zero-order valence-electron chi connectivity index (χ0n) is 15.5. The van der Waals surface area contributed by atoms with Crippen LogP contribution in [-0.4, -0.2) is 47.4 Å².